The van der Waals surface area contributed by atoms with Crippen LogP contribution in [0.1, 0.15) is 59.8 Å². The Morgan fingerprint density at radius 2 is 1.92 bits per heavy atom. The molecule has 24 heavy (non-hydrogen) atoms. The second-order valence-electron chi connectivity index (χ2n) is 9.50. The third-order valence-corrected chi connectivity index (χ3v) is 8.07. The van der Waals surface area contributed by atoms with Crippen LogP contribution in [0.3, 0.4) is 0 Å². The zero-order valence-electron chi connectivity index (χ0n) is 15.4. The molecule has 0 unspecified atom stereocenters. The molecule has 2 heterocycles. The molecule has 3 fully saturated rings. The number of rotatable bonds is 2. The van der Waals surface area contributed by atoms with Gasteiger partial charge in [-0.3, -0.25) is 0 Å². The summed E-state index contributed by atoms with van der Waals surface area (Å²) in [7, 11) is 0. The average Bonchev–Trinajstić information content (AvgIpc) is 2.97. The van der Waals surface area contributed by atoms with Crippen LogP contribution in [-0.2, 0) is 4.74 Å². The number of aliphatic hydroxyl groups excluding tert-OH is 2. The van der Waals surface area contributed by atoms with Gasteiger partial charge in [-0.15, -0.1) is 0 Å². The van der Waals surface area contributed by atoms with Crippen LogP contribution >= 0.6 is 0 Å². The van der Waals surface area contributed by atoms with E-state index in [4.69, 9.17) is 4.74 Å². The van der Waals surface area contributed by atoms with Gasteiger partial charge in [0, 0.05) is 11.3 Å². The van der Waals surface area contributed by atoms with E-state index < -0.39 is 17.3 Å². The molecule has 4 rings (SSSR count). The molecule has 0 spiro atoms. The van der Waals surface area contributed by atoms with Gasteiger partial charge in [-0.05, 0) is 49.4 Å². The van der Waals surface area contributed by atoms with Crippen molar-refractivity contribution in [2.45, 2.75) is 77.8 Å². The molecule has 0 radical (unpaired) electrons. The molecule has 7 atom stereocenters. The maximum atomic E-state index is 11.4. The fraction of sp³-hybridized carbons (Fsp3) is 0.900. The molecule has 1 saturated carbocycles. The lowest BCUT2D eigenvalue weighted by atomic mass is 9.52. The van der Waals surface area contributed by atoms with Gasteiger partial charge in [-0.1, -0.05) is 38.8 Å². The van der Waals surface area contributed by atoms with Crippen LogP contribution in [0.4, 0.5) is 0 Å². The monoisotopic (exact) mass is 336 g/mol. The van der Waals surface area contributed by atoms with Crippen molar-refractivity contribution in [2.24, 2.45) is 28.6 Å². The summed E-state index contributed by atoms with van der Waals surface area (Å²) < 4.78 is 5.97. The van der Waals surface area contributed by atoms with Crippen LogP contribution in [0.25, 0.3) is 0 Å². The first-order valence-electron chi connectivity index (χ1n) is 9.60. The van der Waals surface area contributed by atoms with Gasteiger partial charge in [0.15, 0.2) is 5.79 Å². The highest BCUT2D eigenvalue weighted by Gasteiger charge is 2.71. The van der Waals surface area contributed by atoms with Crippen LogP contribution in [-0.4, -0.2) is 39.9 Å². The molecule has 0 amide bonds. The molecule has 2 aliphatic heterocycles. The maximum Gasteiger partial charge on any atom is 0.198 e. The minimum Gasteiger partial charge on any atom is -0.396 e. The van der Waals surface area contributed by atoms with E-state index in [0.717, 1.165) is 25.7 Å². The van der Waals surface area contributed by atoms with Crippen molar-refractivity contribution in [1.29, 1.82) is 0 Å². The fourth-order valence-corrected chi connectivity index (χ4v) is 6.43. The average molecular weight is 336 g/mol. The summed E-state index contributed by atoms with van der Waals surface area (Å²) in [5.41, 5.74) is 2.86. The molecular formula is C20H32O4. The second-order valence-corrected chi connectivity index (χ2v) is 9.50. The number of ether oxygens (including phenoxy) is 1. The van der Waals surface area contributed by atoms with Crippen molar-refractivity contribution in [3.05, 3.63) is 11.1 Å². The molecule has 0 aromatic heterocycles. The van der Waals surface area contributed by atoms with E-state index in [1.807, 2.05) is 0 Å². The van der Waals surface area contributed by atoms with Crippen molar-refractivity contribution in [3.8, 4) is 0 Å². The van der Waals surface area contributed by atoms with Crippen LogP contribution in [0.2, 0.25) is 0 Å². The number of fused-ring (bicyclic) bond motifs is 6. The molecule has 136 valence electrons. The van der Waals surface area contributed by atoms with Crippen molar-refractivity contribution in [1.82, 2.24) is 0 Å². The van der Waals surface area contributed by atoms with Gasteiger partial charge in [-0.2, -0.15) is 0 Å². The van der Waals surface area contributed by atoms with E-state index in [1.54, 1.807) is 11.1 Å². The minimum absolute atomic E-state index is 0.135. The molecule has 4 aliphatic rings. The number of allylic oxidation sites excluding steroid dienone is 2. The predicted molar refractivity (Wildman–Crippen MR) is 91.1 cm³/mol. The molecule has 0 aromatic carbocycles. The zero-order valence-corrected chi connectivity index (χ0v) is 15.4. The Labute approximate surface area is 144 Å². The predicted octanol–water partition coefficient (Wildman–Crippen LogP) is 2.62. The number of aliphatic hydroxyl groups is 3. The van der Waals surface area contributed by atoms with E-state index in [0.29, 0.717) is 5.92 Å². The summed E-state index contributed by atoms with van der Waals surface area (Å²) in [6, 6.07) is 0. The van der Waals surface area contributed by atoms with Gasteiger partial charge >= 0.3 is 0 Å². The summed E-state index contributed by atoms with van der Waals surface area (Å²) in [5, 5.41) is 31.9. The lowest BCUT2D eigenvalue weighted by molar-refractivity contribution is -0.328. The van der Waals surface area contributed by atoms with Crippen molar-refractivity contribution in [2.75, 3.05) is 6.61 Å². The normalized spacial score (nSPS) is 53.5. The van der Waals surface area contributed by atoms with E-state index in [9.17, 15) is 15.3 Å². The van der Waals surface area contributed by atoms with Crippen molar-refractivity contribution < 1.29 is 20.1 Å². The van der Waals surface area contributed by atoms with E-state index >= 15 is 0 Å². The molecule has 4 nitrogen and oxygen atoms in total. The van der Waals surface area contributed by atoms with E-state index in [1.165, 1.54) is 6.42 Å². The quantitative estimate of drug-likeness (QED) is 0.678. The Balaban J connectivity index is 1.85. The van der Waals surface area contributed by atoms with E-state index in [2.05, 4.69) is 27.7 Å². The topological polar surface area (TPSA) is 69.9 Å². The zero-order chi connectivity index (χ0) is 17.5. The largest absolute Gasteiger partial charge is 0.396 e. The lowest BCUT2D eigenvalue weighted by Crippen LogP contribution is -2.62. The maximum absolute atomic E-state index is 11.4. The first-order chi connectivity index (χ1) is 11.2. The lowest BCUT2D eigenvalue weighted by Gasteiger charge is -2.58. The Hall–Kier alpha value is -0.420. The molecule has 3 N–H and O–H groups in total. The van der Waals surface area contributed by atoms with Crippen LogP contribution < -0.4 is 0 Å². The van der Waals surface area contributed by atoms with Crippen LogP contribution in [0.15, 0.2) is 11.1 Å². The molecule has 4 heteroatoms. The molecule has 0 aromatic rings. The van der Waals surface area contributed by atoms with Crippen molar-refractivity contribution >= 4 is 0 Å². The number of hydrogen-bond donors (Lipinski definition) is 3. The first kappa shape index (κ1) is 17.0. The Morgan fingerprint density at radius 3 is 2.54 bits per heavy atom. The summed E-state index contributed by atoms with van der Waals surface area (Å²) in [5.74, 6) is -1.15. The summed E-state index contributed by atoms with van der Waals surface area (Å²) >= 11 is 0. The Morgan fingerprint density at radius 1 is 1.21 bits per heavy atom. The van der Waals surface area contributed by atoms with Gasteiger partial charge in [0.1, 0.15) is 6.10 Å². The first-order valence-corrected chi connectivity index (χ1v) is 9.60. The molecule has 2 aliphatic carbocycles. The molecular weight excluding hydrogens is 304 g/mol. The van der Waals surface area contributed by atoms with Gasteiger partial charge in [-0.25, -0.2) is 0 Å². The smallest absolute Gasteiger partial charge is 0.198 e. The standard InChI is InChI=1S/C20H32O4/c1-11(2)12-5-6-18(3)7-8-19(4)14(16(12)18)9-15-13(10-21)17(22)20(19,23)24-15/h11,13-15,17,21-23H,5-10H2,1-4H3/t13-,14-,15-,17-,18-,19-,20-/m1/s1. The van der Waals surface area contributed by atoms with Gasteiger partial charge in [0.25, 0.3) is 0 Å². The van der Waals surface area contributed by atoms with Crippen molar-refractivity contribution in [3.63, 3.8) is 0 Å². The van der Waals surface area contributed by atoms with Crippen LogP contribution in [0.5, 0.6) is 0 Å². The SMILES string of the molecule is CC(C)C1=C2[C@H]3C[C@H]4O[C@](O)([C@H](O)[C@@H]4CO)[C@]3(C)CC[C@@]2(C)CC1. The third kappa shape index (κ3) is 1.83. The minimum atomic E-state index is -1.53. The van der Waals surface area contributed by atoms with Gasteiger partial charge < -0.3 is 20.1 Å². The third-order valence-electron chi connectivity index (χ3n) is 8.07. The van der Waals surface area contributed by atoms with Gasteiger partial charge in [0.2, 0.25) is 0 Å². The summed E-state index contributed by atoms with van der Waals surface area (Å²) in [6.45, 7) is 8.89. The molecule has 2 bridgehead atoms. The summed E-state index contributed by atoms with van der Waals surface area (Å²) in [4.78, 5) is 0. The van der Waals surface area contributed by atoms with Crippen LogP contribution in [0, 0.1) is 28.6 Å². The van der Waals surface area contributed by atoms with Gasteiger partial charge in [0.05, 0.1) is 12.7 Å². The highest BCUT2D eigenvalue weighted by Crippen LogP contribution is 2.68. The summed E-state index contributed by atoms with van der Waals surface area (Å²) in [6.07, 6.45) is 3.82. The number of hydrogen-bond acceptors (Lipinski definition) is 4. The highest BCUT2D eigenvalue weighted by atomic mass is 16.7. The highest BCUT2D eigenvalue weighted by molar-refractivity contribution is 5.37. The van der Waals surface area contributed by atoms with E-state index in [-0.39, 0.29) is 30.0 Å². The molecule has 2 saturated heterocycles. The Kier molecular flexibility index (Phi) is 3.59. The second kappa shape index (κ2) is 5.06. The fourth-order valence-electron chi connectivity index (χ4n) is 6.43. The Bertz CT molecular complexity index is 584.